The molecule has 0 bridgehead atoms. The van der Waals surface area contributed by atoms with Crippen LogP contribution in [0.3, 0.4) is 0 Å². The molecule has 5 nitrogen and oxygen atoms in total. The van der Waals surface area contributed by atoms with Crippen molar-refractivity contribution in [3.63, 3.8) is 0 Å². The second kappa shape index (κ2) is 8.74. The zero-order valence-electron chi connectivity index (χ0n) is 19.3. The van der Waals surface area contributed by atoms with Gasteiger partial charge in [-0.2, -0.15) is 0 Å². The van der Waals surface area contributed by atoms with Crippen LogP contribution < -0.4 is 0 Å². The van der Waals surface area contributed by atoms with Gasteiger partial charge in [0.2, 0.25) is 0 Å². The Balaban J connectivity index is 1.58. The van der Waals surface area contributed by atoms with Crippen molar-refractivity contribution in [2.45, 2.75) is 52.7 Å². The van der Waals surface area contributed by atoms with Gasteiger partial charge in [-0.1, -0.05) is 59.3 Å². The fourth-order valence-corrected chi connectivity index (χ4v) is 4.49. The van der Waals surface area contributed by atoms with Gasteiger partial charge in [0, 0.05) is 11.0 Å². The molecule has 1 aliphatic heterocycles. The number of aromatic amines is 1. The number of amides is 1. The number of rotatable bonds is 3. The highest BCUT2D eigenvalue weighted by atomic mass is 79.9. The third-order valence-electron chi connectivity index (χ3n) is 5.71. The maximum atomic E-state index is 12.8. The molecule has 1 N–H and O–H groups in total. The van der Waals surface area contributed by atoms with Gasteiger partial charge in [-0.25, -0.2) is 9.78 Å². The van der Waals surface area contributed by atoms with Gasteiger partial charge < -0.3 is 9.72 Å². The Hall–Kier alpha value is -2.60. The summed E-state index contributed by atoms with van der Waals surface area (Å²) in [5, 5.41) is 0. The Morgan fingerprint density at radius 2 is 1.62 bits per heavy atom. The Morgan fingerprint density at radius 1 is 1.06 bits per heavy atom. The van der Waals surface area contributed by atoms with Gasteiger partial charge in [-0.15, -0.1) is 0 Å². The normalized spacial score (nSPS) is 18.8. The monoisotopic (exact) mass is 495 g/mol. The second-order valence-electron chi connectivity index (χ2n) is 9.66. The molecule has 3 aromatic rings. The molecule has 6 heteroatoms. The Bertz CT molecular complexity index is 1100. The van der Waals surface area contributed by atoms with Crippen LogP contribution >= 0.6 is 15.9 Å². The Kier molecular flexibility index (Phi) is 6.17. The smallest absolute Gasteiger partial charge is 0.410 e. The summed E-state index contributed by atoms with van der Waals surface area (Å²) in [5.74, 6) is 1.22. The number of halogens is 1. The molecule has 2 atom stereocenters. The van der Waals surface area contributed by atoms with Crippen LogP contribution in [0, 0.1) is 12.8 Å². The lowest BCUT2D eigenvalue weighted by atomic mass is 10.0. The Morgan fingerprint density at radius 3 is 2.22 bits per heavy atom. The summed E-state index contributed by atoms with van der Waals surface area (Å²) in [4.78, 5) is 22.9. The SMILES string of the molecule is Cc1nc(C2CC(C)CN2C(=O)OC(C)(C)C)[nH]c1-c1ccc(-c2ccc(Br)cc2)cc1. The zero-order chi connectivity index (χ0) is 23.0. The number of ether oxygens (including phenoxy) is 1. The molecular weight excluding hydrogens is 466 g/mol. The summed E-state index contributed by atoms with van der Waals surface area (Å²) in [5.41, 5.74) is 4.83. The van der Waals surface area contributed by atoms with E-state index in [9.17, 15) is 4.79 Å². The number of carbonyl (C=O) groups is 1. The molecule has 168 valence electrons. The number of carbonyl (C=O) groups excluding carboxylic acids is 1. The lowest BCUT2D eigenvalue weighted by Crippen LogP contribution is -2.37. The van der Waals surface area contributed by atoms with Gasteiger partial charge in [-0.3, -0.25) is 4.90 Å². The minimum atomic E-state index is -0.520. The van der Waals surface area contributed by atoms with E-state index in [1.165, 1.54) is 11.1 Å². The van der Waals surface area contributed by atoms with E-state index in [0.717, 1.165) is 33.7 Å². The molecule has 1 aromatic heterocycles. The number of benzene rings is 2. The number of H-pyrrole nitrogens is 1. The fourth-order valence-electron chi connectivity index (χ4n) is 4.22. The van der Waals surface area contributed by atoms with E-state index in [2.05, 4.69) is 64.2 Å². The molecule has 32 heavy (non-hydrogen) atoms. The average Bonchev–Trinajstić information content (AvgIpc) is 3.30. The summed E-state index contributed by atoms with van der Waals surface area (Å²) >= 11 is 3.49. The first-order valence-corrected chi connectivity index (χ1v) is 11.8. The van der Waals surface area contributed by atoms with Gasteiger partial charge in [0.1, 0.15) is 11.4 Å². The number of aryl methyl sites for hydroxylation is 1. The van der Waals surface area contributed by atoms with Gasteiger partial charge in [-0.05, 0) is 68.9 Å². The predicted molar refractivity (Wildman–Crippen MR) is 131 cm³/mol. The highest BCUT2D eigenvalue weighted by molar-refractivity contribution is 9.10. The summed E-state index contributed by atoms with van der Waals surface area (Å²) < 4.78 is 6.72. The quantitative estimate of drug-likeness (QED) is 0.420. The molecule has 4 rings (SSSR count). The van der Waals surface area contributed by atoms with Gasteiger partial charge in [0.15, 0.2) is 0 Å². The number of aromatic nitrogens is 2. The molecule has 0 aliphatic carbocycles. The summed E-state index contributed by atoms with van der Waals surface area (Å²) in [6.07, 6.45) is 0.593. The standard InChI is InChI=1S/C26H30BrN3O2/c1-16-14-22(30(15-16)25(31)32-26(3,4)5)24-28-17(2)23(29-24)20-8-6-18(7-9-20)19-10-12-21(27)13-11-19/h6-13,16,22H,14-15H2,1-5H3,(H,28,29). The maximum absolute atomic E-state index is 12.8. The predicted octanol–water partition coefficient (Wildman–Crippen LogP) is 7.13. The lowest BCUT2D eigenvalue weighted by molar-refractivity contribution is 0.0214. The van der Waals surface area contributed by atoms with Crippen LogP contribution in [0.1, 0.15) is 51.7 Å². The van der Waals surface area contributed by atoms with Crippen LogP contribution in [-0.4, -0.2) is 33.1 Å². The van der Waals surface area contributed by atoms with E-state index in [-0.39, 0.29) is 12.1 Å². The first kappa shape index (κ1) is 22.6. The molecule has 1 amide bonds. The molecule has 1 aliphatic rings. The lowest BCUT2D eigenvalue weighted by Gasteiger charge is -2.27. The van der Waals surface area contributed by atoms with Crippen LogP contribution in [0.4, 0.5) is 4.79 Å². The molecule has 1 saturated heterocycles. The fraction of sp³-hybridized carbons (Fsp3) is 0.385. The average molecular weight is 496 g/mol. The van der Waals surface area contributed by atoms with Crippen molar-refractivity contribution < 1.29 is 9.53 Å². The molecule has 0 radical (unpaired) electrons. The van der Waals surface area contributed by atoms with Crippen molar-refractivity contribution in [2.75, 3.05) is 6.54 Å². The first-order valence-electron chi connectivity index (χ1n) is 11.0. The molecular formula is C26H30BrN3O2. The van der Waals surface area contributed by atoms with E-state index in [4.69, 9.17) is 9.72 Å². The highest BCUT2D eigenvalue weighted by Gasteiger charge is 2.38. The van der Waals surface area contributed by atoms with Crippen molar-refractivity contribution in [1.29, 1.82) is 0 Å². The van der Waals surface area contributed by atoms with Crippen LogP contribution in [0.15, 0.2) is 53.0 Å². The number of hydrogen-bond donors (Lipinski definition) is 1. The first-order chi connectivity index (χ1) is 15.1. The summed E-state index contributed by atoms with van der Waals surface area (Å²) in [7, 11) is 0. The molecule has 2 heterocycles. The molecule has 0 saturated carbocycles. The van der Waals surface area contributed by atoms with Crippen molar-refractivity contribution in [1.82, 2.24) is 14.9 Å². The largest absolute Gasteiger partial charge is 0.444 e. The molecule has 2 unspecified atom stereocenters. The summed E-state index contributed by atoms with van der Waals surface area (Å²) in [6.45, 7) is 10.5. The highest BCUT2D eigenvalue weighted by Crippen LogP contribution is 2.37. The zero-order valence-corrected chi connectivity index (χ0v) is 20.9. The minimum absolute atomic E-state index is 0.102. The molecule has 1 fully saturated rings. The van der Waals surface area contributed by atoms with E-state index in [1.54, 1.807) is 0 Å². The van der Waals surface area contributed by atoms with Crippen molar-refractivity contribution >= 4 is 22.0 Å². The third kappa shape index (κ3) is 4.90. The number of likely N-dealkylation sites (tertiary alicyclic amines) is 1. The van der Waals surface area contributed by atoms with Crippen molar-refractivity contribution in [2.24, 2.45) is 5.92 Å². The molecule has 0 spiro atoms. The third-order valence-corrected chi connectivity index (χ3v) is 6.24. The topological polar surface area (TPSA) is 58.2 Å². The minimum Gasteiger partial charge on any atom is -0.444 e. The number of imidazole rings is 1. The number of nitrogens with zero attached hydrogens (tertiary/aromatic N) is 2. The van der Waals surface area contributed by atoms with Gasteiger partial charge in [0.05, 0.1) is 17.4 Å². The van der Waals surface area contributed by atoms with E-state index < -0.39 is 5.60 Å². The Labute approximate surface area is 198 Å². The number of hydrogen-bond acceptors (Lipinski definition) is 3. The molecule has 2 aromatic carbocycles. The van der Waals surface area contributed by atoms with E-state index in [0.29, 0.717) is 12.5 Å². The van der Waals surface area contributed by atoms with Gasteiger partial charge in [0.25, 0.3) is 0 Å². The maximum Gasteiger partial charge on any atom is 0.410 e. The number of nitrogens with one attached hydrogen (secondary N) is 1. The second-order valence-corrected chi connectivity index (χ2v) is 10.6. The van der Waals surface area contributed by atoms with E-state index >= 15 is 0 Å². The van der Waals surface area contributed by atoms with Crippen LogP contribution in [-0.2, 0) is 4.74 Å². The van der Waals surface area contributed by atoms with Crippen LogP contribution in [0.25, 0.3) is 22.4 Å². The van der Waals surface area contributed by atoms with Crippen molar-refractivity contribution in [3.05, 3.63) is 64.5 Å². The van der Waals surface area contributed by atoms with Crippen molar-refractivity contribution in [3.8, 4) is 22.4 Å². The van der Waals surface area contributed by atoms with E-state index in [1.807, 2.05) is 44.7 Å². The van der Waals surface area contributed by atoms with Crippen LogP contribution in [0.5, 0.6) is 0 Å². The summed E-state index contributed by atoms with van der Waals surface area (Å²) in [6, 6.07) is 16.7. The van der Waals surface area contributed by atoms with Gasteiger partial charge >= 0.3 is 6.09 Å². The van der Waals surface area contributed by atoms with Crippen LogP contribution in [0.2, 0.25) is 0 Å².